The fraction of sp³-hybridized carbons (Fsp3) is 0.609. The summed E-state index contributed by atoms with van der Waals surface area (Å²) in [4.78, 5) is 17.1. The van der Waals surface area contributed by atoms with Crippen molar-refractivity contribution in [3.8, 4) is 17.1 Å². The zero-order chi connectivity index (χ0) is 21.0. The smallest absolute Gasteiger partial charge is 0.237 e. The molecule has 0 atom stereocenters. The van der Waals surface area contributed by atoms with Gasteiger partial charge in [0.1, 0.15) is 11.5 Å². The topological polar surface area (TPSA) is 77.2 Å². The maximum absolute atomic E-state index is 6.15. The average molecular weight is 398 g/mol. The lowest BCUT2D eigenvalue weighted by atomic mass is 10.0. The van der Waals surface area contributed by atoms with E-state index in [9.17, 15) is 0 Å². The Morgan fingerprint density at radius 3 is 2.28 bits per heavy atom. The number of anilines is 1. The van der Waals surface area contributed by atoms with E-state index in [-0.39, 0.29) is 6.10 Å². The molecule has 0 amide bonds. The van der Waals surface area contributed by atoms with Crippen LogP contribution in [0.4, 0.5) is 5.82 Å². The summed E-state index contributed by atoms with van der Waals surface area (Å²) in [5, 5.41) is 0. The highest BCUT2D eigenvalue weighted by atomic mass is 16.5. The summed E-state index contributed by atoms with van der Waals surface area (Å²) < 4.78 is 6.15. The van der Waals surface area contributed by atoms with Crippen molar-refractivity contribution in [1.29, 1.82) is 0 Å². The molecule has 0 aliphatic carbocycles. The van der Waals surface area contributed by atoms with Gasteiger partial charge in [-0.1, -0.05) is 34.6 Å². The molecule has 1 fully saturated rings. The molecule has 0 saturated carbocycles. The maximum atomic E-state index is 6.15. The van der Waals surface area contributed by atoms with Crippen LogP contribution in [0.25, 0.3) is 11.3 Å². The molecular weight excluding hydrogens is 362 g/mol. The van der Waals surface area contributed by atoms with Crippen LogP contribution in [0.2, 0.25) is 0 Å². The van der Waals surface area contributed by atoms with Crippen molar-refractivity contribution >= 4 is 5.82 Å². The van der Waals surface area contributed by atoms with E-state index in [0.29, 0.717) is 24.0 Å². The molecule has 6 nitrogen and oxygen atoms in total. The van der Waals surface area contributed by atoms with E-state index >= 15 is 0 Å². The van der Waals surface area contributed by atoms with E-state index in [4.69, 9.17) is 25.4 Å². The molecule has 158 valence electrons. The van der Waals surface area contributed by atoms with Crippen molar-refractivity contribution in [3.05, 3.63) is 29.2 Å². The summed E-state index contributed by atoms with van der Waals surface area (Å²) in [5.41, 5.74) is 10.7. The maximum Gasteiger partial charge on any atom is 0.237 e. The molecule has 3 heterocycles. The third-order valence-corrected chi connectivity index (χ3v) is 5.62. The number of nitrogens with zero attached hydrogens (tertiary/aromatic N) is 4. The second-order valence-corrected chi connectivity index (χ2v) is 7.99. The first-order valence-corrected chi connectivity index (χ1v) is 11.0. The minimum absolute atomic E-state index is 0.133. The van der Waals surface area contributed by atoms with Crippen LogP contribution < -0.4 is 15.4 Å². The van der Waals surface area contributed by atoms with Crippen LogP contribution in [0.1, 0.15) is 76.9 Å². The fourth-order valence-electron chi connectivity index (χ4n) is 3.53. The molecule has 1 saturated heterocycles. The monoisotopic (exact) mass is 397 g/mol. The first-order valence-electron chi connectivity index (χ1n) is 11.0. The number of rotatable bonds is 9. The summed E-state index contributed by atoms with van der Waals surface area (Å²) in [6, 6.07) is 4.27. The zero-order valence-electron chi connectivity index (χ0n) is 18.5. The Kier molecular flexibility index (Phi) is 7.06. The molecule has 29 heavy (non-hydrogen) atoms. The van der Waals surface area contributed by atoms with Crippen LogP contribution in [0.15, 0.2) is 12.1 Å². The highest BCUT2D eigenvalue weighted by Crippen LogP contribution is 2.35. The fourth-order valence-corrected chi connectivity index (χ4v) is 3.53. The Morgan fingerprint density at radius 1 is 1.03 bits per heavy atom. The van der Waals surface area contributed by atoms with E-state index < -0.39 is 0 Å². The lowest BCUT2D eigenvalue weighted by Crippen LogP contribution is -2.38. The molecule has 0 radical (unpaired) electrons. The Balaban J connectivity index is 2.10. The number of aromatic nitrogens is 3. The lowest BCUT2D eigenvalue weighted by molar-refractivity contribution is 0.181. The quantitative estimate of drug-likeness (QED) is 0.673. The highest BCUT2D eigenvalue weighted by Gasteiger charge is 2.25. The number of nitrogens with two attached hydrogens (primary N) is 1. The van der Waals surface area contributed by atoms with E-state index in [1.54, 1.807) is 0 Å². The van der Waals surface area contributed by atoms with E-state index in [1.165, 1.54) is 6.42 Å². The van der Waals surface area contributed by atoms with Gasteiger partial charge < -0.3 is 15.4 Å². The molecule has 0 spiro atoms. The van der Waals surface area contributed by atoms with Gasteiger partial charge in [0.2, 0.25) is 5.88 Å². The summed E-state index contributed by atoms with van der Waals surface area (Å²) in [5.74, 6) is 1.98. The molecule has 2 N–H and O–H groups in total. The summed E-state index contributed by atoms with van der Waals surface area (Å²) in [6.07, 6.45) is 3.98. The van der Waals surface area contributed by atoms with Gasteiger partial charge in [-0.15, -0.1) is 0 Å². The zero-order valence-corrected chi connectivity index (χ0v) is 18.5. The molecule has 1 aliphatic rings. The van der Waals surface area contributed by atoms with Crippen LogP contribution in [-0.4, -0.2) is 34.1 Å². The standard InChI is InChI=1S/C23H35N5O/c1-6-16(7-2)29-23-20(14-24)25-21(18(8-3)27-23)17-10-11-19(15(4)5)26-22(17)28-12-9-13-28/h10-11,15-16H,6-9,12-14,24H2,1-5H3. The van der Waals surface area contributed by atoms with Gasteiger partial charge in [0.15, 0.2) is 0 Å². The van der Waals surface area contributed by atoms with Gasteiger partial charge in [-0.25, -0.2) is 15.0 Å². The van der Waals surface area contributed by atoms with Gasteiger partial charge in [0, 0.05) is 30.9 Å². The highest BCUT2D eigenvalue weighted by molar-refractivity contribution is 5.76. The average Bonchev–Trinajstić information content (AvgIpc) is 2.70. The van der Waals surface area contributed by atoms with Crippen molar-refractivity contribution in [2.75, 3.05) is 18.0 Å². The normalized spacial score (nSPS) is 13.9. The first kappa shape index (κ1) is 21.5. The summed E-state index contributed by atoms with van der Waals surface area (Å²) in [7, 11) is 0. The Bertz CT molecular complexity index is 828. The van der Waals surface area contributed by atoms with Crippen molar-refractivity contribution in [2.24, 2.45) is 5.73 Å². The van der Waals surface area contributed by atoms with E-state index in [1.807, 2.05) is 0 Å². The molecule has 2 aromatic heterocycles. The van der Waals surface area contributed by atoms with Gasteiger partial charge in [0.25, 0.3) is 0 Å². The molecule has 0 unspecified atom stereocenters. The molecule has 2 aromatic rings. The SMILES string of the molecule is CCc1nc(OC(CC)CC)c(CN)nc1-c1ccc(C(C)C)nc1N1CCC1. The van der Waals surface area contributed by atoms with Crippen molar-refractivity contribution in [2.45, 2.75) is 78.9 Å². The van der Waals surface area contributed by atoms with Gasteiger partial charge in [-0.3, -0.25) is 0 Å². The van der Waals surface area contributed by atoms with Gasteiger partial charge in [0.05, 0.1) is 17.5 Å². The largest absolute Gasteiger partial charge is 0.473 e. The molecule has 0 bridgehead atoms. The first-order chi connectivity index (χ1) is 14.0. The second kappa shape index (κ2) is 9.53. The van der Waals surface area contributed by atoms with Gasteiger partial charge in [-0.05, 0) is 43.7 Å². The summed E-state index contributed by atoms with van der Waals surface area (Å²) >= 11 is 0. The Labute approximate surface area is 174 Å². The minimum Gasteiger partial charge on any atom is -0.473 e. The minimum atomic E-state index is 0.133. The van der Waals surface area contributed by atoms with Gasteiger partial charge >= 0.3 is 0 Å². The summed E-state index contributed by atoms with van der Waals surface area (Å²) in [6.45, 7) is 13.1. The number of aryl methyl sites for hydroxylation is 1. The van der Waals surface area contributed by atoms with Crippen LogP contribution in [-0.2, 0) is 13.0 Å². The van der Waals surface area contributed by atoms with Crippen molar-refractivity contribution in [3.63, 3.8) is 0 Å². The third-order valence-electron chi connectivity index (χ3n) is 5.62. The van der Waals surface area contributed by atoms with Crippen LogP contribution in [0.5, 0.6) is 5.88 Å². The predicted octanol–water partition coefficient (Wildman–Crippen LogP) is 4.46. The van der Waals surface area contributed by atoms with Crippen molar-refractivity contribution in [1.82, 2.24) is 15.0 Å². The number of ether oxygens (including phenoxy) is 1. The van der Waals surface area contributed by atoms with Crippen LogP contribution in [0, 0.1) is 0 Å². The lowest BCUT2D eigenvalue weighted by Gasteiger charge is -2.34. The number of pyridine rings is 1. The molecule has 3 rings (SSSR count). The van der Waals surface area contributed by atoms with Crippen LogP contribution in [0.3, 0.4) is 0 Å². The van der Waals surface area contributed by atoms with E-state index in [2.05, 4.69) is 51.7 Å². The third kappa shape index (κ3) is 4.53. The molecule has 0 aromatic carbocycles. The molecular formula is C23H35N5O. The predicted molar refractivity (Wildman–Crippen MR) is 118 cm³/mol. The molecule has 1 aliphatic heterocycles. The second-order valence-electron chi connectivity index (χ2n) is 7.99. The van der Waals surface area contributed by atoms with Crippen molar-refractivity contribution < 1.29 is 4.74 Å². The van der Waals surface area contributed by atoms with Gasteiger partial charge in [-0.2, -0.15) is 0 Å². The molecule has 6 heteroatoms. The van der Waals surface area contributed by atoms with Crippen LogP contribution >= 0.6 is 0 Å². The Morgan fingerprint density at radius 2 is 1.76 bits per heavy atom. The Hall–Kier alpha value is -2.21. The number of hydrogen-bond acceptors (Lipinski definition) is 6. The number of hydrogen-bond donors (Lipinski definition) is 1. The van der Waals surface area contributed by atoms with E-state index in [0.717, 1.165) is 60.8 Å².